The Bertz CT molecular complexity index is 833. The van der Waals surface area contributed by atoms with E-state index in [1.165, 1.54) is 6.07 Å². The van der Waals surface area contributed by atoms with E-state index in [0.29, 0.717) is 24.8 Å². The first-order valence-electron chi connectivity index (χ1n) is 9.91. The molecule has 2 N–H and O–H groups in total. The molecule has 0 bridgehead atoms. The maximum atomic E-state index is 12.7. The van der Waals surface area contributed by atoms with Crippen molar-refractivity contribution >= 4 is 21.9 Å². The third kappa shape index (κ3) is 6.57. The monoisotopic (exact) mass is 426 g/mol. The molecular weight excluding hydrogens is 392 g/mol. The predicted molar refractivity (Wildman–Crippen MR) is 113 cm³/mol. The number of carbonyl (C=O) groups is 1. The van der Waals surface area contributed by atoms with E-state index in [1.54, 1.807) is 12.1 Å². The zero-order valence-corrected chi connectivity index (χ0v) is 19.1. The number of piperidine rings is 1. The lowest BCUT2D eigenvalue weighted by Crippen LogP contribution is -2.54. The number of nitrogens with zero attached hydrogens (tertiary/aromatic N) is 3. The van der Waals surface area contributed by atoms with E-state index >= 15 is 0 Å². The number of amides is 1. The maximum Gasteiger partial charge on any atom is 0.410 e. The summed E-state index contributed by atoms with van der Waals surface area (Å²) in [4.78, 5) is 20.6. The Morgan fingerprint density at radius 3 is 2.62 bits per heavy atom. The van der Waals surface area contributed by atoms with Crippen molar-refractivity contribution in [3.05, 3.63) is 18.2 Å². The van der Waals surface area contributed by atoms with Crippen molar-refractivity contribution in [3.63, 3.8) is 0 Å². The minimum Gasteiger partial charge on any atom is -0.444 e. The van der Waals surface area contributed by atoms with Gasteiger partial charge in [0.25, 0.3) is 10.0 Å². The highest BCUT2D eigenvalue weighted by atomic mass is 32.2. The highest BCUT2D eigenvalue weighted by Gasteiger charge is 2.39. The average Bonchev–Trinajstić information content (AvgIpc) is 2.58. The summed E-state index contributed by atoms with van der Waals surface area (Å²) in [5.74, 6) is 0.885. The summed E-state index contributed by atoms with van der Waals surface area (Å²) in [7, 11) is -1.97. The summed E-state index contributed by atoms with van der Waals surface area (Å²) < 4.78 is 28.6. The number of ether oxygens (including phenoxy) is 1. The SMILES string of the molecule is CN(CCC1CCC(C)(C)N(C(=O)OC(C)(C)C)C1)c1cccc(S(N)(=O)=O)n1. The van der Waals surface area contributed by atoms with E-state index in [-0.39, 0.29) is 16.7 Å². The van der Waals surface area contributed by atoms with Gasteiger partial charge in [0.05, 0.1) is 0 Å². The quantitative estimate of drug-likeness (QED) is 0.776. The standard InChI is InChI=1S/C20H34N4O4S/c1-19(2,3)28-18(25)24-14-15(10-12-20(24,4)5)11-13-23(6)16-8-7-9-17(22-16)29(21,26)27/h7-9,15H,10-14H2,1-6H3,(H2,21,26,27). The van der Waals surface area contributed by atoms with Gasteiger partial charge in [-0.15, -0.1) is 0 Å². The molecule has 9 heteroatoms. The lowest BCUT2D eigenvalue weighted by Gasteiger charge is -2.45. The van der Waals surface area contributed by atoms with Gasteiger partial charge in [-0.05, 0) is 71.9 Å². The molecule has 8 nitrogen and oxygen atoms in total. The van der Waals surface area contributed by atoms with Crippen LogP contribution in [0.3, 0.4) is 0 Å². The van der Waals surface area contributed by atoms with Crippen LogP contribution in [0.5, 0.6) is 0 Å². The average molecular weight is 427 g/mol. The summed E-state index contributed by atoms with van der Waals surface area (Å²) in [6, 6.07) is 4.77. The van der Waals surface area contributed by atoms with E-state index < -0.39 is 15.6 Å². The Balaban J connectivity index is 2.01. The van der Waals surface area contributed by atoms with Gasteiger partial charge >= 0.3 is 6.09 Å². The van der Waals surface area contributed by atoms with Crippen LogP contribution < -0.4 is 10.0 Å². The fourth-order valence-electron chi connectivity index (χ4n) is 3.43. The van der Waals surface area contributed by atoms with Gasteiger partial charge in [-0.1, -0.05) is 6.07 Å². The molecule has 1 unspecified atom stereocenters. The van der Waals surface area contributed by atoms with Crippen LogP contribution in [0.15, 0.2) is 23.2 Å². The molecule has 29 heavy (non-hydrogen) atoms. The van der Waals surface area contributed by atoms with Crippen LogP contribution in [0.25, 0.3) is 0 Å². The molecule has 0 aromatic carbocycles. The molecule has 0 radical (unpaired) electrons. The van der Waals surface area contributed by atoms with E-state index in [9.17, 15) is 13.2 Å². The van der Waals surface area contributed by atoms with E-state index in [2.05, 4.69) is 18.8 Å². The van der Waals surface area contributed by atoms with E-state index in [0.717, 1.165) is 19.3 Å². The summed E-state index contributed by atoms with van der Waals surface area (Å²) in [5, 5.41) is 5.03. The number of hydrogen-bond acceptors (Lipinski definition) is 6. The summed E-state index contributed by atoms with van der Waals surface area (Å²) in [6.07, 6.45) is 2.50. The fraction of sp³-hybridized carbons (Fsp3) is 0.700. The number of aromatic nitrogens is 1. The van der Waals surface area contributed by atoms with Crippen LogP contribution in [0.2, 0.25) is 0 Å². The van der Waals surface area contributed by atoms with Crippen molar-refractivity contribution in [2.45, 2.75) is 70.0 Å². The lowest BCUT2D eigenvalue weighted by atomic mass is 9.83. The van der Waals surface area contributed by atoms with Crippen molar-refractivity contribution < 1.29 is 17.9 Å². The Morgan fingerprint density at radius 2 is 2.03 bits per heavy atom. The molecule has 1 amide bonds. The second kappa shape index (κ2) is 8.47. The first kappa shape index (κ1) is 23.4. The van der Waals surface area contributed by atoms with Crippen molar-refractivity contribution in [2.75, 3.05) is 25.0 Å². The highest BCUT2D eigenvalue weighted by Crippen LogP contribution is 2.33. The number of sulfonamides is 1. The first-order chi connectivity index (χ1) is 13.2. The molecule has 1 aromatic heterocycles. The fourth-order valence-corrected chi connectivity index (χ4v) is 3.92. The predicted octanol–water partition coefficient (Wildman–Crippen LogP) is 2.98. The molecule has 1 atom stereocenters. The molecule has 2 rings (SSSR count). The van der Waals surface area contributed by atoms with Crippen LogP contribution in [0.4, 0.5) is 10.6 Å². The third-order valence-electron chi connectivity index (χ3n) is 5.21. The molecule has 1 aliphatic rings. The van der Waals surface area contributed by atoms with E-state index in [4.69, 9.17) is 9.88 Å². The smallest absolute Gasteiger partial charge is 0.410 e. The lowest BCUT2D eigenvalue weighted by molar-refractivity contribution is -0.0164. The minimum absolute atomic E-state index is 0.141. The molecule has 1 fully saturated rings. The number of pyridine rings is 1. The molecule has 1 saturated heterocycles. The molecule has 0 saturated carbocycles. The number of primary sulfonamides is 1. The van der Waals surface area contributed by atoms with Gasteiger partial charge in [-0.3, -0.25) is 0 Å². The van der Waals surface area contributed by atoms with Crippen LogP contribution in [0.1, 0.15) is 53.9 Å². The molecule has 0 aliphatic carbocycles. The maximum absolute atomic E-state index is 12.7. The normalized spacial score (nSPS) is 19.7. The third-order valence-corrected chi connectivity index (χ3v) is 6.02. The molecule has 1 aromatic rings. The van der Waals surface area contributed by atoms with Gasteiger partial charge in [0.2, 0.25) is 0 Å². The van der Waals surface area contributed by atoms with Crippen molar-refractivity contribution in [1.82, 2.24) is 9.88 Å². The summed E-state index contributed by atoms with van der Waals surface area (Å²) in [5.41, 5.74) is -0.767. The number of hydrogen-bond donors (Lipinski definition) is 1. The zero-order chi connectivity index (χ0) is 22.0. The van der Waals surface area contributed by atoms with Gasteiger partial charge in [0.1, 0.15) is 11.4 Å². The Kier molecular flexibility index (Phi) is 6.84. The van der Waals surface area contributed by atoms with Gasteiger partial charge in [0, 0.05) is 25.7 Å². The Morgan fingerprint density at radius 1 is 1.38 bits per heavy atom. The second-order valence-electron chi connectivity index (χ2n) is 9.40. The number of nitrogens with two attached hydrogens (primary N) is 1. The molecule has 2 heterocycles. The van der Waals surface area contributed by atoms with Crippen molar-refractivity contribution in [3.8, 4) is 0 Å². The van der Waals surface area contributed by atoms with E-state index in [1.807, 2.05) is 37.6 Å². The molecular formula is C20H34N4O4S. The number of anilines is 1. The van der Waals surface area contributed by atoms with Gasteiger partial charge < -0.3 is 14.5 Å². The number of rotatable bonds is 5. The van der Waals surface area contributed by atoms with Crippen molar-refractivity contribution in [1.29, 1.82) is 0 Å². The van der Waals surface area contributed by atoms with Gasteiger partial charge in [0.15, 0.2) is 5.03 Å². The largest absolute Gasteiger partial charge is 0.444 e. The topological polar surface area (TPSA) is 106 Å². The molecule has 1 aliphatic heterocycles. The second-order valence-corrected chi connectivity index (χ2v) is 10.9. The highest BCUT2D eigenvalue weighted by molar-refractivity contribution is 7.89. The van der Waals surface area contributed by atoms with Crippen LogP contribution in [-0.4, -0.2) is 55.7 Å². The summed E-state index contributed by atoms with van der Waals surface area (Å²) >= 11 is 0. The summed E-state index contributed by atoms with van der Waals surface area (Å²) in [6.45, 7) is 11.1. The van der Waals surface area contributed by atoms with Crippen LogP contribution in [0, 0.1) is 5.92 Å². The van der Waals surface area contributed by atoms with Gasteiger partial charge in [-0.2, -0.15) is 0 Å². The zero-order valence-electron chi connectivity index (χ0n) is 18.3. The first-order valence-corrected chi connectivity index (χ1v) is 11.5. The number of carbonyl (C=O) groups excluding carboxylic acids is 1. The Hall–Kier alpha value is -1.87. The molecule has 0 spiro atoms. The van der Waals surface area contributed by atoms with Crippen LogP contribution >= 0.6 is 0 Å². The number of likely N-dealkylation sites (tertiary alicyclic amines) is 1. The van der Waals surface area contributed by atoms with Crippen LogP contribution in [-0.2, 0) is 14.8 Å². The van der Waals surface area contributed by atoms with Crippen molar-refractivity contribution in [2.24, 2.45) is 11.1 Å². The minimum atomic E-state index is -3.83. The van der Waals surface area contributed by atoms with Gasteiger partial charge in [-0.25, -0.2) is 23.3 Å². The Labute approximate surface area is 174 Å². The molecule has 164 valence electrons.